The Balaban J connectivity index is 2.16. The molecule has 7 nitrogen and oxygen atoms in total. The maximum atomic E-state index is 12.4. The number of carbonyl (C=O) groups is 3. The minimum atomic E-state index is -0.503. The molecular formula is C16H21N3O4S2. The first-order valence-electron chi connectivity index (χ1n) is 7.75. The molecule has 2 rings (SSSR count). The van der Waals surface area contributed by atoms with Crippen LogP contribution < -0.4 is 5.32 Å². The van der Waals surface area contributed by atoms with E-state index in [2.05, 4.69) is 10.3 Å². The lowest BCUT2D eigenvalue weighted by Gasteiger charge is -2.09. The number of nitrogens with zero attached hydrogens (tertiary/aromatic N) is 2. The molecule has 2 amide bonds. The van der Waals surface area contributed by atoms with E-state index in [0.717, 1.165) is 10.4 Å². The SMILES string of the molecule is CCc1c(C)sc(NC(=O)C[C@@H]2SC(=NC)N(C)C2=O)c1C(=O)OC. The largest absolute Gasteiger partial charge is 0.465 e. The molecule has 1 aliphatic heterocycles. The molecule has 0 radical (unpaired) electrons. The van der Waals surface area contributed by atoms with E-state index >= 15 is 0 Å². The van der Waals surface area contributed by atoms with Crippen molar-refractivity contribution in [2.24, 2.45) is 4.99 Å². The Bertz CT molecular complexity index is 742. The number of amides is 2. The minimum Gasteiger partial charge on any atom is -0.465 e. The van der Waals surface area contributed by atoms with Crippen LogP contribution in [-0.2, 0) is 20.7 Å². The zero-order chi connectivity index (χ0) is 18.7. The fraction of sp³-hybridized carbons (Fsp3) is 0.500. The fourth-order valence-corrected chi connectivity index (χ4v) is 4.91. The average Bonchev–Trinajstić information content (AvgIpc) is 3.04. The number of ether oxygens (including phenoxy) is 1. The van der Waals surface area contributed by atoms with E-state index in [1.54, 1.807) is 14.1 Å². The number of thioether (sulfide) groups is 1. The number of hydrogen-bond acceptors (Lipinski definition) is 7. The van der Waals surface area contributed by atoms with Crippen molar-refractivity contribution < 1.29 is 19.1 Å². The van der Waals surface area contributed by atoms with Gasteiger partial charge < -0.3 is 10.1 Å². The summed E-state index contributed by atoms with van der Waals surface area (Å²) in [5.41, 5.74) is 1.28. The third kappa shape index (κ3) is 3.87. The van der Waals surface area contributed by atoms with Gasteiger partial charge in [0.15, 0.2) is 5.17 Å². The van der Waals surface area contributed by atoms with Gasteiger partial charge in [-0.2, -0.15) is 0 Å². The molecule has 0 aliphatic carbocycles. The van der Waals surface area contributed by atoms with Gasteiger partial charge in [0.1, 0.15) is 10.3 Å². The Morgan fingerprint density at radius 2 is 2.08 bits per heavy atom. The van der Waals surface area contributed by atoms with E-state index in [-0.39, 0.29) is 18.2 Å². The Hall–Kier alpha value is -1.87. The lowest BCUT2D eigenvalue weighted by atomic mass is 10.1. The first kappa shape index (κ1) is 19.5. The molecule has 25 heavy (non-hydrogen) atoms. The second kappa shape index (κ2) is 8.01. The average molecular weight is 383 g/mol. The summed E-state index contributed by atoms with van der Waals surface area (Å²) in [5.74, 6) is -0.931. The number of nitrogens with one attached hydrogen (secondary N) is 1. The molecule has 1 aromatic rings. The highest BCUT2D eigenvalue weighted by Crippen LogP contribution is 2.35. The van der Waals surface area contributed by atoms with Crippen molar-refractivity contribution in [2.45, 2.75) is 31.9 Å². The first-order valence-corrected chi connectivity index (χ1v) is 9.45. The molecule has 1 fully saturated rings. The van der Waals surface area contributed by atoms with E-state index in [4.69, 9.17) is 4.74 Å². The van der Waals surface area contributed by atoms with Crippen LogP contribution in [0.3, 0.4) is 0 Å². The molecule has 2 heterocycles. The second-order valence-corrected chi connectivity index (χ2v) is 7.84. The lowest BCUT2D eigenvalue weighted by molar-refractivity contribution is -0.127. The van der Waals surface area contributed by atoms with Gasteiger partial charge in [0.25, 0.3) is 0 Å². The van der Waals surface area contributed by atoms with Gasteiger partial charge in [-0.15, -0.1) is 11.3 Å². The Kier molecular flexibility index (Phi) is 6.23. The van der Waals surface area contributed by atoms with Crippen LogP contribution in [-0.4, -0.2) is 54.3 Å². The van der Waals surface area contributed by atoms with Crippen molar-refractivity contribution in [3.05, 3.63) is 16.0 Å². The Morgan fingerprint density at radius 3 is 2.60 bits per heavy atom. The van der Waals surface area contributed by atoms with Gasteiger partial charge in [0.05, 0.1) is 12.7 Å². The summed E-state index contributed by atoms with van der Waals surface area (Å²) in [6.45, 7) is 3.85. The van der Waals surface area contributed by atoms with Crippen molar-refractivity contribution in [3.63, 3.8) is 0 Å². The molecule has 9 heteroatoms. The molecule has 0 bridgehead atoms. The van der Waals surface area contributed by atoms with Crippen LogP contribution in [0, 0.1) is 6.92 Å². The summed E-state index contributed by atoms with van der Waals surface area (Å²) in [7, 11) is 4.56. The summed E-state index contributed by atoms with van der Waals surface area (Å²) in [4.78, 5) is 43.1. The minimum absolute atomic E-state index is 0.0197. The van der Waals surface area contributed by atoms with Crippen LogP contribution in [0.4, 0.5) is 5.00 Å². The highest BCUT2D eigenvalue weighted by molar-refractivity contribution is 8.15. The van der Waals surface area contributed by atoms with Gasteiger partial charge in [-0.3, -0.25) is 19.5 Å². The smallest absolute Gasteiger partial charge is 0.341 e. The first-order chi connectivity index (χ1) is 11.8. The van der Waals surface area contributed by atoms with Crippen molar-refractivity contribution in [2.75, 3.05) is 26.5 Å². The molecule has 1 saturated heterocycles. The van der Waals surface area contributed by atoms with Crippen molar-refractivity contribution >= 4 is 51.1 Å². The fourth-order valence-electron chi connectivity index (χ4n) is 2.66. The van der Waals surface area contributed by atoms with Crippen LogP contribution in [0.25, 0.3) is 0 Å². The lowest BCUT2D eigenvalue weighted by Crippen LogP contribution is -2.30. The molecule has 1 atom stereocenters. The van der Waals surface area contributed by atoms with Gasteiger partial charge in [-0.1, -0.05) is 18.7 Å². The summed E-state index contributed by atoms with van der Waals surface area (Å²) in [6, 6.07) is 0. The molecule has 0 saturated carbocycles. The van der Waals surface area contributed by atoms with Crippen molar-refractivity contribution in [1.82, 2.24) is 4.90 Å². The quantitative estimate of drug-likeness (QED) is 0.788. The molecular weight excluding hydrogens is 362 g/mol. The number of rotatable bonds is 5. The van der Waals surface area contributed by atoms with Gasteiger partial charge >= 0.3 is 5.97 Å². The van der Waals surface area contributed by atoms with E-state index in [1.807, 2.05) is 13.8 Å². The summed E-state index contributed by atoms with van der Waals surface area (Å²) in [6.07, 6.45) is 0.687. The van der Waals surface area contributed by atoms with Gasteiger partial charge in [0, 0.05) is 25.4 Å². The van der Waals surface area contributed by atoms with Crippen molar-refractivity contribution in [1.29, 1.82) is 0 Å². The topological polar surface area (TPSA) is 88.1 Å². The molecule has 1 aliphatic rings. The van der Waals surface area contributed by atoms with Crippen LogP contribution in [0.5, 0.6) is 0 Å². The number of thiophene rings is 1. The van der Waals surface area contributed by atoms with Crippen LogP contribution in [0.1, 0.15) is 34.1 Å². The standard InChI is InChI=1S/C16H21N3O4S2/c1-6-9-8(2)24-13(12(9)15(22)23-5)18-11(20)7-10-14(21)19(4)16(17-3)25-10/h10H,6-7H2,1-5H3,(H,18,20)/t10-/m0/s1. The monoisotopic (exact) mass is 383 g/mol. The predicted octanol–water partition coefficient (Wildman–Crippen LogP) is 2.29. The van der Waals surface area contributed by atoms with E-state index < -0.39 is 11.2 Å². The third-order valence-electron chi connectivity index (χ3n) is 3.91. The summed E-state index contributed by atoms with van der Waals surface area (Å²) in [5, 5.41) is 3.34. The summed E-state index contributed by atoms with van der Waals surface area (Å²) < 4.78 is 4.84. The number of amidine groups is 1. The number of aliphatic imine (C=N–C) groups is 1. The van der Waals surface area contributed by atoms with E-state index in [0.29, 0.717) is 22.2 Å². The maximum Gasteiger partial charge on any atom is 0.341 e. The molecule has 0 spiro atoms. The number of esters is 1. The zero-order valence-electron chi connectivity index (χ0n) is 14.8. The number of aryl methyl sites for hydroxylation is 1. The predicted molar refractivity (Wildman–Crippen MR) is 101 cm³/mol. The highest BCUT2D eigenvalue weighted by atomic mass is 32.2. The summed E-state index contributed by atoms with van der Waals surface area (Å²) >= 11 is 2.61. The van der Waals surface area contributed by atoms with Crippen LogP contribution in [0.15, 0.2) is 4.99 Å². The second-order valence-electron chi connectivity index (χ2n) is 5.45. The maximum absolute atomic E-state index is 12.4. The van der Waals surface area contributed by atoms with Gasteiger partial charge in [0.2, 0.25) is 11.8 Å². The number of anilines is 1. The molecule has 136 valence electrons. The molecule has 0 aromatic carbocycles. The van der Waals surface area contributed by atoms with Crippen molar-refractivity contribution in [3.8, 4) is 0 Å². The van der Waals surface area contributed by atoms with Crippen LogP contribution in [0.2, 0.25) is 0 Å². The Labute approximate surface area is 154 Å². The van der Waals surface area contributed by atoms with E-state index in [9.17, 15) is 14.4 Å². The number of hydrogen-bond donors (Lipinski definition) is 1. The van der Waals surface area contributed by atoms with Crippen LogP contribution >= 0.6 is 23.1 Å². The number of methoxy groups -OCH3 is 1. The number of carbonyl (C=O) groups excluding carboxylic acids is 3. The Morgan fingerprint density at radius 1 is 1.40 bits per heavy atom. The normalized spacial score (nSPS) is 18.8. The molecule has 1 aromatic heterocycles. The molecule has 1 N–H and O–H groups in total. The molecule has 0 unspecified atom stereocenters. The zero-order valence-corrected chi connectivity index (χ0v) is 16.5. The van der Waals surface area contributed by atoms with E-state index in [1.165, 1.54) is 35.1 Å². The highest BCUT2D eigenvalue weighted by Gasteiger charge is 2.36. The van der Waals surface area contributed by atoms with Gasteiger partial charge in [-0.05, 0) is 18.9 Å². The third-order valence-corrected chi connectivity index (χ3v) is 6.29. The van der Waals surface area contributed by atoms with Gasteiger partial charge in [-0.25, -0.2) is 4.79 Å².